The third-order valence-electron chi connectivity index (χ3n) is 8.81. The Bertz CT molecular complexity index is 1950. The van der Waals surface area contributed by atoms with E-state index in [9.17, 15) is 21.6 Å². The van der Waals surface area contributed by atoms with Crippen molar-refractivity contribution in [3.05, 3.63) is 129 Å². The molecule has 4 aromatic rings. The summed E-state index contributed by atoms with van der Waals surface area (Å²) in [7, 11) is -8.25. The highest BCUT2D eigenvalue weighted by atomic mass is 35.5. The molecule has 11 heteroatoms. The molecule has 0 saturated carbocycles. The second kappa shape index (κ2) is 12.3. The molecule has 234 valence electrons. The first kappa shape index (κ1) is 31.9. The van der Waals surface area contributed by atoms with Gasteiger partial charge in [0.25, 0.3) is 0 Å². The lowest BCUT2D eigenvalue weighted by Crippen LogP contribution is -2.60. The van der Waals surface area contributed by atoms with Crippen LogP contribution in [0.3, 0.4) is 0 Å². The summed E-state index contributed by atoms with van der Waals surface area (Å²) in [4.78, 5) is 14.2. The number of ketones is 1. The minimum Gasteiger partial charge on any atom is -0.299 e. The van der Waals surface area contributed by atoms with E-state index in [-0.39, 0.29) is 35.0 Å². The van der Waals surface area contributed by atoms with Crippen molar-refractivity contribution in [2.75, 3.05) is 6.54 Å². The summed E-state index contributed by atoms with van der Waals surface area (Å²) in [5, 5.41) is 0.824. The Kier molecular flexibility index (Phi) is 8.71. The summed E-state index contributed by atoms with van der Waals surface area (Å²) in [6.45, 7) is 3.65. The van der Waals surface area contributed by atoms with Gasteiger partial charge < -0.3 is 0 Å². The second-order valence-corrected chi connectivity index (χ2v) is 16.4. The van der Waals surface area contributed by atoms with Gasteiger partial charge in [0.15, 0.2) is 0 Å². The molecule has 4 aromatic carbocycles. The van der Waals surface area contributed by atoms with E-state index in [0.717, 1.165) is 11.1 Å². The highest BCUT2D eigenvalue weighted by Gasteiger charge is 2.54. The molecule has 7 nitrogen and oxygen atoms in total. The van der Waals surface area contributed by atoms with Gasteiger partial charge in [0.2, 0.25) is 20.0 Å². The monoisotopic (exact) mass is 682 g/mol. The van der Waals surface area contributed by atoms with Crippen LogP contribution in [0.2, 0.25) is 10.0 Å². The average Bonchev–Trinajstić information content (AvgIpc) is 3.01. The SMILES string of the molecule is Cc1ccc(C2C[C@H]3[C@@H](CN2S(=O)(=O)c2ccc(Cl)cc2)C(=O)CC(c2cccc(Cl)c2)N3S(=O)(=O)c2ccc(C)cc2)cc1. The lowest BCUT2D eigenvalue weighted by molar-refractivity contribution is -0.132. The number of aryl methyl sites for hydroxylation is 2. The molecule has 45 heavy (non-hydrogen) atoms. The second-order valence-electron chi connectivity index (χ2n) is 11.8. The summed E-state index contributed by atoms with van der Waals surface area (Å²) in [5.41, 5.74) is 3.22. The van der Waals surface area contributed by atoms with Gasteiger partial charge in [-0.25, -0.2) is 16.8 Å². The molecule has 2 saturated heterocycles. The van der Waals surface area contributed by atoms with Crippen molar-refractivity contribution in [1.82, 2.24) is 8.61 Å². The Labute approximate surface area is 274 Å². The van der Waals surface area contributed by atoms with E-state index in [1.54, 1.807) is 48.5 Å². The molecule has 0 bridgehead atoms. The van der Waals surface area contributed by atoms with Crippen LogP contribution in [0.15, 0.2) is 107 Å². The lowest BCUT2D eigenvalue weighted by atomic mass is 9.77. The van der Waals surface area contributed by atoms with Crippen molar-refractivity contribution >= 4 is 49.0 Å². The van der Waals surface area contributed by atoms with Crippen molar-refractivity contribution in [2.45, 2.75) is 54.6 Å². The number of hydrogen-bond donors (Lipinski definition) is 0. The van der Waals surface area contributed by atoms with E-state index >= 15 is 0 Å². The fraction of sp³-hybridized carbons (Fsp3) is 0.265. The number of fused-ring (bicyclic) bond motifs is 1. The van der Waals surface area contributed by atoms with E-state index in [4.69, 9.17) is 23.2 Å². The third kappa shape index (κ3) is 6.10. The Morgan fingerprint density at radius 1 is 0.667 bits per heavy atom. The molecule has 2 aliphatic heterocycles. The number of piperidine rings is 2. The summed E-state index contributed by atoms with van der Waals surface area (Å²) >= 11 is 12.4. The largest absolute Gasteiger partial charge is 0.299 e. The number of halogens is 2. The third-order valence-corrected chi connectivity index (χ3v) is 13.1. The van der Waals surface area contributed by atoms with Crippen LogP contribution >= 0.6 is 23.2 Å². The van der Waals surface area contributed by atoms with Crippen LogP contribution in [0, 0.1) is 19.8 Å². The number of Topliss-reactive ketones (excluding diaryl/α,β-unsaturated/α-hetero) is 1. The number of carbonyl (C=O) groups excluding carboxylic acids is 1. The van der Waals surface area contributed by atoms with Crippen LogP contribution in [0.4, 0.5) is 0 Å². The van der Waals surface area contributed by atoms with E-state index in [2.05, 4.69) is 0 Å². The minimum atomic E-state index is -4.15. The van der Waals surface area contributed by atoms with E-state index in [0.29, 0.717) is 21.2 Å². The molecule has 0 aliphatic carbocycles. The number of rotatable bonds is 6. The molecular formula is C34H32Cl2N2O5S2. The van der Waals surface area contributed by atoms with Gasteiger partial charge in [0.1, 0.15) is 5.78 Å². The molecule has 0 amide bonds. The van der Waals surface area contributed by atoms with Crippen LogP contribution < -0.4 is 0 Å². The van der Waals surface area contributed by atoms with E-state index in [1.165, 1.54) is 32.9 Å². The van der Waals surface area contributed by atoms with Gasteiger partial charge in [-0.15, -0.1) is 0 Å². The summed E-state index contributed by atoms with van der Waals surface area (Å²) in [5.74, 6) is -1.08. The zero-order chi connectivity index (χ0) is 32.1. The maximum Gasteiger partial charge on any atom is 0.243 e. The van der Waals surface area contributed by atoms with E-state index in [1.807, 2.05) is 38.1 Å². The summed E-state index contributed by atoms with van der Waals surface area (Å²) in [6, 6.07) is 24.6. The maximum absolute atomic E-state index is 14.6. The van der Waals surface area contributed by atoms with Crippen LogP contribution in [0.5, 0.6) is 0 Å². The fourth-order valence-corrected chi connectivity index (χ4v) is 10.3. The number of sulfonamides is 2. The first-order valence-corrected chi connectivity index (χ1v) is 18.2. The average molecular weight is 684 g/mol. The Morgan fingerprint density at radius 2 is 1.24 bits per heavy atom. The van der Waals surface area contributed by atoms with E-state index < -0.39 is 44.1 Å². The van der Waals surface area contributed by atoms with Crippen molar-refractivity contribution in [1.29, 1.82) is 0 Å². The van der Waals surface area contributed by atoms with Gasteiger partial charge in [-0.05, 0) is 79.9 Å². The topological polar surface area (TPSA) is 91.8 Å². The molecule has 0 radical (unpaired) electrons. The molecule has 6 rings (SSSR count). The lowest BCUT2D eigenvalue weighted by Gasteiger charge is -2.51. The van der Waals surface area contributed by atoms with Crippen molar-refractivity contribution in [2.24, 2.45) is 5.92 Å². The maximum atomic E-state index is 14.6. The van der Waals surface area contributed by atoms with Crippen molar-refractivity contribution in [3.8, 4) is 0 Å². The van der Waals surface area contributed by atoms with Gasteiger partial charge in [-0.2, -0.15) is 8.61 Å². The molecular weight excluding hydrogens is 651 g/mol. The first-order chi connectivity index (χ1) is 21.4. The molecule has 2 heterocycles. The van der Waals surface area contributed by atoms with Crippen LogP contribution in [0.25, 0.3) is 0 Å². The quantitative estimate of drug-likeness (QED) is 0.216. The highest BCUT2D eigenvalue weighted by Crippen LogP contribution is 2.48. The molecule has 2 aliphatic rings. The van der Waals surface area contributed by atoms with Gasteiger partial charge in [0.05, 0.1) is 21.9 Å². The summed E-state index contributed by atoms with van der Waals surface area (Å²) in [6.07, 6.45) is -0.0366. The Morgan fingerprint density at radius 3 is 1.87 bits per heavy atom. The zero-order valence-electron chi connectivity index (χ0n) is 24.7. The number of nitrogens with zero attached hydrogens (tertiary/aromatic N) is 2. The smallest absolute Gasteiger partial charge is 0.243 e. The van der Waals surface area contributed by atoms with Gasteiger partial charge in [-0.1, -0.05) is 82.9 Å². The van der Waals surface area contributed by atoms with Gasteiger partial charge >= 0.3 is 0 Å². The molecule has 0 aromatic heterocycles. The Balaban J connectivity index is 1.51. The predicted octanol–water partition coefficient (Wildman–Crippen LogP) is 7.14. The zero-order valence-corrected chi connectivity index (χ0v) is 27.8. The first-order valence-electron chi connectivity index (χ1n) is 14.6. The molecule has 4 atom stereocenters. The predicted molar refractivity (Wildman–Crippen MR) is 175 cm³/mol. The molecule has 0 spiro atoms. The van der Waals surface area contributed by atoms with Crippen molar-refractivity contribution in [3.63, 3.8) is 0 Å². The fourth-order valence-electron chi connectivity index (χ4n) is 6.47. The molecule has 2 unspecified atom stereocenters. The summed E-state index contributed by atoms with van der Waals surface area (Å²) < 4.78 is 60.4. The normalized spacial score (nSPS) is 23.1. The number of carbonyl (C=O) groups is 1. The molecule has 0 N–H and O–H groups in total. The highest BCUT2D eigenvalue weighted by molar-refractivity contribution is 7.89. The minimum absolute atomic E-state index is 0.0478. The van der Waals surface area contributed by atoms with Gasteiger partial charge in [-0.3, -0.25) is 4.79 Å². The van der Waals surface area contributed by atoms with Crippen LogP contribution in [0.1, 0.15) is 47.2 Å². The Hall–Kier alpha value is -3.05. The number of benzene rings is 4. The van der Waals surface area contributed by atoms with Crippen LogP contribution in [-0.2, 0) is 24.8 Å². The van der Waals surface area contributed by atoms with Crippen LogP contribution in [-0.4, -0.2) is 43.8 Å². The molecule has 2 fully saturated rings. The number of hydrogen-bond acceptors (Lipinski definition) is 5. The standard InChI is InChI=1S/C34H32Cl2N2O5S2/c1-22-6-10-24(11-7-22)31-19-33-30(21-37(31)44(40,41)28-16-12-26(35)13-17-28)34(39)20-32(25-4-3-5-27(36)18-25)38(33)45(42,43)29-14-8-23(2)9-15-29/h3-18,30-33H,19-21H2,1-2H3/t30-,31?,32?,33+/m1/s1. The van der Waals surface area contributed by atoms with Crippen molar-refractivity contribution < 1.29 is 21.6 Å². The van der Waals surface area contributed by atoms with Gasteiger partial charge in [0, 0.05) is 35.0 Å².